The van der Waals surface area contributed by atoms with Crippen LogP contribution in [0.3, 0.4) is 0 Å². The summed E-state index contributed by atoms with van der Waals surface area (Å²) in [5.74, 6) is -0.715. The van der Waals surface area contributed by atoms with Crippen molar-refractivity contribution in [3.63, 3.8) is 0 Å². The third-order valence-electron chi connectivity index (χ3n) is 3.11. The fraction of sp³-hybridized carbons (Fsp3) is 0.188. The van der Waals surface area contributed by atoms with Crippen LogP contribution in [0.25, 0.3) is 6.08 Å². The molecule has 1 aromatic carbocycles. The van der Waals surface area contributed by atoms with Gasteiger partial charge in [0.2, 0.25) is 0 Å². The molecule has 0 spiro atoms. The number of allylic oxidation sites excluding steroid dienone is 1. The summed E-state index contributed by atoms with van der Waals surface area (Å²) in [6.45, 7) is 3.19. The number of aliphatic carboxylic acids is 1. The molecule has 1 fully saturated rings. The number of carboxylic acid groups (broad SMARTS) is 1. The molecule has 0 aromatic heterocycles. The number of hydrogen-bond acceptors (Lipinski definition) is 5. The standard InChI is InChI=1S/C16H16N2O5S/c1-3-4-10-5-9(6-11-15(21)18-16(24)17-11)7-12(22-2)14(10)23-8-13(19)20/h3,5-7H,1,4,8H2,2H3,(H,19,20)(H2,17,18,21,24)/b11-6+. The molecule has 0 saturated carbocycles. The Morgan fingerprint density at radius 1 is 1.42 bits per heavy atom. The molecule has 1 heterocycles. The van der Waals surface area contributed by atoms with E-state index in [0.717, 1.165) is 0 Å². The maximum absolute atomic E-state index is 11.7. The van der Waals surface area contributed by atoms with E-state index < -0.39 is 12.6 Å². The third kappa shape index (κ3) is 4.11. The molecular formula is C16H16N2O5S. The summed E-state index contributed by atoms with van der Waals surface area (Å²) < 4.78 is 10.6. The number of methoxy groups -OCH3 is 1. The Bertz CT molecular complexity index is 742. The zero-order valence-electron chi connectivity index (χ0n) is 12.9. The molecule has 7 nitrogen and oxygen atoms in total. The summed E-state index contributed by atoms with van der Waals surface area (Å²) in [5.41, 5.74) is 1.68. The maximum Gasteiger partial charge on any atom is 0.341 e. The van der Waals surface area contributed by atoms with Crippen LogP contribution in [-0.4, -0.2) is 35.8 Å². The van der Waals surface area contributed by atoms with E-state index in [4.69, 9.17) is 26.8 Å². The van der Waals surface area contributed by atoms with Gasteiger partial charge in [-0.2, -0.15) is 0 Å². The van der Waals surface area contributed by atoms with E-state index in [1.807, 2.05) is 0 Å². The van der Waals surface area contributed by atoms with Crippen LogP contribution >= 0.6 is 12.2 Å². The SMILES string of the molecule is C=CCc1cc(/C=C2/NC(=S)NC2=O)cc(OC)c1OCC(=O)O. The first-order valence-corrected chi connectivity index (χ1v) is 7.36. The van der Waals surface area contributed by atoms with Gasteiger partial charge in [-0.3, -0.25) is 10.1 Å². The van der Waals surface area contributed by atoms with Crippen LogP contribution in [0.5, 0.6) is 11.5 Å². The summed E-state index contributed by atoms with van der Waals surface area (Å²) in [7, 11) is 1.45. The van der Waals surface area contributed by atoms with Crippen LogP contribution in [0.1, 0.15) is 11.1 Å². The highest BCUT2D eigenvalue weighted by Gasteiger charge is 2.21. The van der Waals surface area contributed by atoms with Crippen LogP contribution in [0, 0.1) is 0 Å². The molecule has 1 aliphatic heterocycles. The highest BCUT2D eigenvalue weighted by Crippen LogP contribution is 2.34. The van der Waals surface area contributed by atoms with Gasteiger partial charge in [0, 0.05) is 5.56 Å². The van der Waals surface area contributed by atoms with Crippen LogP contribution in [-0.2, 0) is 16.0 Å². The Hall–Kier alpha value is -2.87. The van der Waals surface area contributed by atoms with Gasteiger partial charge in [0.15, 0.2) is 23.2 Å². The maximum atomic E-state index is 11.7. The minimum atomic E-state index is -1.09. The second-order valence-corrected chi connectivity index (χ2v) is 5.26. The van der Waals surface area contributed by atoms with Gasteiger partial charge in [-0.1, -0.05) is 6.08 Å². The minimum Gasteiger partial charge on any atom is -0.493 e. The molecule has 2 rings (SSSR count). The summed E-state index contributed by atoms with van der Waals surface area (Å²) >= 11 is 4.89. The molecular weight excluding hydrogens is 332 g/mol. The summed E-state index contributed by atoms with van der Waals surface area (Å²) in [6.07, 6.45) is 3.72. The van der Waals surface area contributed by atoms with E-state index >= 15 is 0 Å². The van der Waals surface area contributed by atoms with Crippen molar-refractivity contribution in [2.45, 2.75) is 6.42 Å². The minimum absolute atomic E-state index is 0.242. The van der Waals surface area contributed by atoms with Gasteiger partial charge in [0.1, 0.15) is 5.70 Å². The van der Waals surface area contributed by atoms with E-state index in [9.17, 15) is 9.59 Å². The number of rotatable bonds is 7. The molecule has 0 aliphatic carbocycles. The molecule has 0 atom stereocenters. The Balaban J connectivity index is 2.43. The summed E-state index contributed by atoms with van der Waals surface area (Å²) in [4.78, 5) is 22.5. The van der Waals surface area contributed by atoms with Crippen LogP contribution in [0.4, 0.5) is 0 Å². The normalized spacial score (nSPS) is 15.0. The molecule has 1 amide bonds. The Morgan fingerprint density at radius 2 is 2.17 bits per heavy atom. The summed E-state index contributed by atoms with van der Waals surface area (Å²) in [5, 5.41) is 14.3. The van der Waals surface area contributed by atoms with Crippen molar-refractivity contribution >= 4 is 35.3 Å². The fourth-order valence-corrected chi connectivity index (χ4v) is 2.38. The number of thiocarbonyl (C=S) groups is 1. The number of benzene rings is 1. The molecule has 8 heteroatoms. The van der Waals surface area contributed by atoms with Gasteiger partial charge in [-0.15, -0.1) is 6.58 Å². The van der Waals surface area contributed by atoms with E-state index in [2.05, 4.69) is 17.2 Å². The van der Waals surface area contributed by atoms with E-state index in [1.165, 1.54) is 7.11 Å². The van der Waals surface area contributed by atoms with E-state index in [-0.39, 0.29) is 11.0 Å². The van der Waals surface area contributed by atoms with Crippen molar-refractivity contribution in [1.29, 1.82) is 0 Å². The van der Waals surface area contributed by atoms with E-state index in [0.29, 0.717) is 34.7 Å². The first-order chi connectivity index (χ1) is 11.4. The number of ether oxygens (including phenoxy) is 2. The number of amides is 1. The third-order valence-corrected chi connectivity index (χ3v) is 3.31. The smallest absolute Gasteiger partial charge is 0.341 e. The van der Waals surface area contributed by atoms with Gasteiger partial charge in [-0.05, 0) is 42.4 Å². The lowest BCUT2D eigenvalue weighted by Gasteiger charge is -2.14. The second kappa shape index (κ2) is 7.60. The predicted molar refractivity (Wildman–Crippen MR) is 91.9 cm³/mol. The highest BCUT2D eigenvalue weighted by atomic mass is 32.1. The fourth-order valence-electron chi connectivity index (χ4n) is 2.17. The Morgan fingerprint density at radius 3 is 2.71 bits per heavy atom. The molecule has 0 unspecified atom stereocenters. The van der Waals surface area contributed by atoms with Crippen LogP contribution < -0.4 is 20.1 Å². The van der Waals surface area contributed by atoms with Gasteiger partial charge >= 0.3 is 5.97 Å². The average molecular weight is 348 g/mol. The molecule has 1 aromatic rings. The number of carboxylic acids is 1. The van der Waals surface area contributed by atoms with Crippen molar-refractivity contribution in [2.24, 2.45) is 0 Å². The van der Waals surface area contributed by atoms with Gasteiger partial charge in [0.05, 0.1) is 7.11 Å². The number of nitrogens with one attached hydrogen (secondary N) is 2. The van der Waals surface area contributed by atoms with Crippen molar-refractivity contribution in [1.82, 2.24) is 10.6 Å². The molecule has 0 bridgehead atoms. The predicted octanol–water partition coefficient (Wildman–Crippen LogP) is 1.23. The first kappa shape index (κ1) is 17.5. The topological polar surface area (TPSA) is 96.9 Å². The van der Waals surface area contributed by atoms with Gasteiger partial charge in [-0.25, -0.2) is 4.79 Å². The molecule has 3 N–H and O–H groups in total. The lowest BCUT2D eigenvalue weighted by molar-refractivity contribution is -0.139. The zero-order valence-corrected chi connectivity index (χ0v) is 13.7. The second-order valence-electron chi connectivity index (χ2n) is 4.85. The quantitative estimate of drug-likeness (QED) is 0.387. The monoisotopic (exact) mass is 348 g/mol. The molecule has 24 heavy (non-hydrogen) atoms. The van der Waals surface area contributed by atoms with Crippen molar-refractivity contribution in [3.8, 4) is 11.5 Å². The van der Waals surface area contributed by atoms with E-state index in [1.54, 1.807) is 24.3 Å². The number of carbonyl (C=O) groups excluding carboxylic acids is 1. The van der Waals surface area contributed by atoms with Crippen LogP contribution in [0.2, 0.25) is 0 Å². The van der Waals surface area contributed by atoms with Crippen LogP contribution in [0.15, 0.2) is 30.5 Å². The highest BCUT2D eigenvalue weighted by molar-refractivity contribution is 7.80. The average Bonchev–Trinajstić information content (AvgIpc) is 2.83. The first-order valence-electron chi connectivity index (χ1n) is 6.95. The lowest BCUT2D eigenvalue weighted by Crippen LogP contribution is -2.21. The Kier molecular flexibility index (Phi) is 5.54. The largest absolute Gasteiger partial charge is 0.493 e. The van der Waals surface area contributed by atoms with Gasteiger partial charge in [0.25, 0.3) is 5.91 Å². The van der Waals surface area contributed by atoms with Gasteiger partial charge < -0.3 is 19.9 Å². The van der Waals surface area contributed by atoms with Crippen molar-refractivity contribution in [2.75, 3.05) is 13.7 Å². The molecule has 1 aliphatic rings. The van der Waals surface area contributed by atoms with Crippen molar-refractivity contribution in [3.05, 3.63) is 41.6 Å². The molecule has 126 valence electrons. The number of hydrogen-bond donors (Lipinski definition) is 3. The lowest BCUT2D eigenvalue weighted by atomic mass is 10.0. The summed E-state index contributed by atoms with van der Waals surface area (Å²) in [6, 6.07) is 3.41. The molecule has 0 radical (unpaired) electrons. The van der Waals surface area contributed by atoms with Crippen molar-refractivity contribution < 1.29 is 24.2 Å². The number of carbonyl (C=O) groups is 2. The zero-order chi connectivity index (χ0) is 17.7. The molecule has 1 saturated heterocycles. The Labute approximate surface area is 143 Å².